The molecule has 0 spiro atoms. The van der Waals surface area contributed by atoms with Crippen molar-refractivity contribution in [2.24, 2.45) is 0 Å². The normalized spacial score (nSPS) is 18.6. The van der Waals surface area contributed by atoms with E-state index in [9.17, 15) is 4.79 Å². The quantitative estimate of drug-likeness (QED) is 0.822. The first-order valence-electron chi connectivity index (χ1n) is 6.21. The fraction of sp³-hybridized carbons (Fsp3) is 0.308. The molecule has 0 saturated carbocycles. The Labute approximate surface area is 114 Å². The van der Waals surface area contributed by atoms with E-state index in [1.165, 1.54) is 11.3 Å². The first kappa shape index (κ1) is 12.1. The molecule has 6 heteroatoms. The summed E-state index contributed by atoms with van der Waals surface area (Å²) in [6.45, 7) is 0. The van der Waals surface area contributed by atoms with Gasteiger partial charge in [-0.2, -0.15) is 5.10 Å². The Bertz CT molecular complexity index is 649. The summed E-state index contributed by atoms with van der Waals surface area (Å²) in [5.41, 5.74) is 6.51. The van der Waals surface area contributed by atoms with Crippen LogP contribution in [0, 0.1) is 0 Å². The molecule has 2 heterocycles. The molecule has 5 nitrogen and oxygen atoms in total. The molecular formula is C13H14N4OS. The molecule has 0 bridgehead atoms. The number of amides is 1. The van der Waals surface area contributed by atoms with Gasteiger partial charge in [-0.05, 0) is 25.3 Å². The van der Waals surface area contributed by atoms with E-state index < -0.39 is 0 Å². The van der Waals surface area contributed by atoms with Gasteiger partial charge in [0, 0.05) is 11.4 Å². The molecule has 2 aromatic heterocycles. The molecule has 0 fully saturated rings. The number of nitrogens with two attached hydrogens (primary N) is 1. The van der Waals surface area contributed by atoms with Gasteiger partial charge in [-0.1, -0.05) is 12.2 Å². The predicted octanol–water partition coefficient (Wildman–Crippen LogP) is 2.11. The lowest BCUT2D eigenvalue weighted by Crippen LogP contribution is -2.35. The van der Waals surface area contributed by atoms with Crippen LogP contribution in [0.5, 0.6) is 0 Å². The first-order chi connectivity index (χ1) is 9.25. The lowest BCUT2D eigenvalue weighted by atomic mass is 10.0. The number of thiophene rings is 1. The number of nitrogens with one attached hydrogen (secondary N) is 1. The number of hydrogen-bond acceptors (Lipinski definition) is 5. The highest BCUT2D eigenvalue weighted by molar-refractivity contribution is 7.21. The molecule has 3 N–H and O–H groups in total. The second-order valence-corrected chi connectivity index (χ2v) is 5.55. The number of carbonyl (C=O) groups excluding carboxylic acids is 1. The number of hydrogen-bond donors (Lipinski definition) is 2. The molecule has 1 amide bonds. The Morgan fingerprint density at radius 2 is 2.37 bits per heavy atom. The van der Waals surface area contributed by atoms with E-state index in [2.05, 4.69) is 27.7 Å². The summed E-state index contributed by atoms with van der Waals surface area (Å²) >= 11 is 1.29. The number of allylic oxidation sites excluding steroid dienone is 1. The summed E-state index contributed by atoms with van der Waals surface area (Å²) in [7, 11) is 0. The van der Waals surface area contributed by atoms with E-state index in [4.69, 9.17) is 5.73 Å². The third-order valence-corrected chi connectivity index (χ3v) is 4.34. The van der Waals surface area contributed by atoms with Gasteiger partial charge in [0.25, 0.3) is 5.91 Å². The molecule has 0 saturated heterocycles. The summed E-state index contributed by atoms with van der Waals surface area (Å²) in [5, 5.41) is 11.6. The highest BCUT2D eigenvalue weighted by Gasteiger charge is 2.20. The van der Waals surface area contributed by atoms with Crippen molar-refractivity contribution in [3.63, 3.8) is 0 Å². The average Bonchev–Trinajstić information content (AvgIpc) is 2.78. The molecule has 0 aliphatic heterocycles. The van der Waals surface area contributed by atoms with Gasteiger partial charge in [0.1, 0.15) is 9.71 Å². The Balaban J connectivity index is 1.85. The molecule has 0 radical (unpaired) electrons. The number of nitrogens with zero attached hydrogens (tertiary/aromatic N) is 2. The number of fused-ring (bicyclic) bond motifs is 1. The summed E-state index contributed by atoms with van der Waals surface area (Å²) in [4.78, 5) is 13.5. The number of anilines is 1. The highest BCUT2D eigenvalue weighted by Crippen LogP contribution is 2.31. The predicted molar refractivity (Wildman–Crippen MR) is 76.1 cm³/mol. The maximum absolute atomic E-state index is 12.3. The van der Waals surface area contributed by atoms with Crippen molar-refractivity contribution in [3.8, 4) is 0 Å². The number of nitrogen functional groups attached to an aromatic ring is 1. The maximum Gasteiger partial charge on any atom is 0.263 e. The second-order valence-electron chi connectivity index (χ2n) is 4.55. The van der Waals surface area contributed by atoms with E-state index in [1.807, 2.05) is 0 Å². The Morgan fingerprint density at radius 1 is 1.47 bits per heavy atom. The smallest absolute Gasteiger partial charge is 0.263 e. The van der Waals surface area contributed by atoms with Crippen molar-refractivity contribution in [2.45, 2.75) is 25.3 Å². The van der Waals surface area contributed by atoms with Crippen LogP contribution in [0.3, 0.4) is 0 Å². The number of aromatic nitrogens is 2. The minimum Gasteiger partial charge on any atom is -0.397 e. The molecule has 2 aromatic rings. The topological polar surface area (TPSA) is 80.9 Å². The summed E-state index contributed by atoms with van der Waals surface area (Å²) in [6, 6.07) is 1.99. The minimum atomic E-state index is -0.110. The van der Waals surface area contributed by atoms with E-state index in [0.29, 0.717) is 15.4 Å². The molecule has 1 unspecified atom stereocenters. The Hall–Kier alpha value is -1.95. The van der Waals surface area contributed by atoms with Gasteiger partial charge in [0.15, 0.2) is 0 Å². The van der Waals surface area contributed by atoms with Crippen molar-refractivity contribution in [1.82, 2.24) is 15.5 Å². The van der Waals surface area contributed by atoms with Crippen LogP contribution in [0.1, 0.15) is 28.9 Å². The monoisotopic (exact) mass is 274 g/mol. The maximum atomic E-state index is 12.3. The molecule has 98 valence electrons. The van der Waals surface area contributed by atoms with Crippen LogP contribution < -0.4 is 11.1 Å². The van der Waals surface area contributed by atoms with Gasteiger partial charge < -0.3 is 11.1 Å². The Morgan fingerprint density at radius 3 is 3.11 bits per heavy atom. The van der Waals surface area contributed by atoms with Gasteiger partial charge in [-0.25, -0.2) is 0 Å². The molecular weight excluding hydrogens is 260 g/mol. The lowest BCUT2D eigenvalue weighted by Gasteiger charge is -2.18. The van der Waals surface area contributed by atoms with Crippen molar-refractivity contribution in [3.05, 3.63) is 29.3 Å². The van der Waals surface area contributed by atoms with E-state index in [1.54, 1.807) is 12.3 Å². The number of rotatable bonds is 2. The van der Waals surface area contributed by atoms with Crippen LogP contribution in [-0.2, 0) is 0 Å². The van der Waals surface area contributed by atoms with Crippen LogP contribution in [0.25, 0.3) is 10.2 Å². The zero-order valence-electron chi connectivity index (χ0n) is 10.3. The fourth-order valence-electron chi connectivity index (χ4n) is 2.22. The van der Waals surface area contributed by atoms with Gasteiger partial charge in [0.05, 0.1) is 11.9 Å². The van der Waals surface area contributed by atoms with E-state index in [0.717, 1.165) is 24.6 Å². The van der Waals surface area contributed by atoms with E-state index >= 15 is 0 Å². The standard InChI is InChI=1S/C13H14N4OS/c14-10-9-6-7-15-17-13(9)19-11(10)12(18)16-8-4-2-1-3-5-8/h1-2,6-8H,3-5,14H2,(H,16,18). The molecule has 1 aliphatic rings. The van der Waals surface area contributed by atoms with Crippen LogP contribution in [0.2, 0.25) is 0 Å². The van der Waals surface area contributed by atoms with Gasteiger partial charge in [-0.3, -0.25) is 4.79 Å². The molecule has 1 atom stereocenters. The lowest BCUT2D eigenvalue weighted by molar-refractivity contribution is 0.0939. The van der Waals surface area contributed by atoms with Crippen molar-refractivity contribution in [1.29, 1.82) is 0 Å². The van der Waals surface area contributed by atoms with Crippen molar-refractivity contribution < 1.29 is 4.79 Å². The van der Waals surface area contributed by atoms with Crippen LogP contribution >= 0.6 is 11.3 Å². The third-order valence-electron chi connectivity index (χ3n) is 3.23. The van der Waals surface area contributed by atoms with Crippen molar-refractivity contribution >= 4 is 33.1 Å². The molecule has 19 heavy (non-hydrogen) atoms. The van der Waals surface area contributed by atoms with Gasteiger partial charge in [-0.15, -0.1) is 16.4 Å². The average molecular weight is 274 g/mol. The van der Waals surface area contributed by atoms with E-state index in [-0.39, 0.29) is 11.9 Å². The van der Waals surface area contributed by atoms with Gasteiger partial charge >= 0.3 is 0 Å². The largest absolute Gasteiger partial charge is 0.397 e. The molecule has 3 rings (SSSR count). The summed E-state index contributed by atoms with van der Waals surface area (Å²) < 4.78 is 0. The first-order valence-corrected chi connectivity index (χ1v) is 7.03. The molecule has 1 aliphatic carbocycles. The number of carbonyl (C=O) groups is 1. The Kier molecular flexibility index (Phi) is 3.16. The van der Waals surface area contributed by atoms with Crippen LogP contribution in [-0.4, -0.2) is 22.1 Å². The van der Waals surface area contributed by atoms with Crippen LogP contribution in [0.4, 0.5) is 5.69 Å². The minimum absolute atomic E-state index is 0.110. The zero-order chi connectivity index (χ0) is 13.2. The second kappa shape index (κ2) is 4.97. The van der Waals surface area contributed by atoms with Crippen molar-refractivity contribution in [2.75, 3.05) is 5.73 Å². The highest BCUT2D eigenvalue weighted by atomic mass is 32.1. The third kappa shape index (κ3) is 2.31. The van der Waals surface area contributed by atoms with Gasteiger partial charge in [0.2, 0.25) is 0 Å². The van der Waals surface area contributed by atoms with Crippen LogP contribution in [0.15, 0.2) is 24.4 Å². The zero-order valence-corrected chi connectivity index (χ0v) is 11.1. The fourth-order valence-corrected chi connectivity index (χ4v) is 3.16. The molecule has 0 aromatic carbocycles. The summed E-state index contributed by atoms with van der Waals surface area (Å²) in [6.07, 6.45) is 8.71. The summed E-state index contributed by atoms with van der Waals surface area (Å²) in [5.74, 6) is -0.110. The SMILES string of the molecule is Nc1c(C(=O)NC2CC=CCC2)sc2nnccc12.